The molecule has 3 N–H and O–H groups in total. The average molecular weight is 350 g/mol. The fraction of sp³-hybridized carbons (Fsp3) is 0.556. The number of carbonyl (C=O) groups excluding carboxylic acids is 2. The van der Waals surface area contributed by atoms with Gasteiger partial charge in [-0.25, -0.2) is 0 Å². The second-order valence-electron chi connectivity index (χ2n) is 6.20. The number of amides is 2. The molecule has 2 rings (SSSR count). The van der Waals surface area contributed by atoms with Gasteiger partial charge in [0.15, 0.2) is 0 Å². The number of methoxy groups -OCH3 is 1. The Hall–Kier alpha value is -2.12. The maximum atomic E-state index is 12.1. The molecule has 0 bridgehead atoms. The van der Waals surface area contributed by atoms with Gasteiger partial charge in [-0.15, -0.1) is 0 Å². The first kappa shape index (κ1) is 19.2. The van der Waals surface area contributed by atoms with Gasteiger partial charge < -0.3 is 25.2 Å². The number of hydrogen-bond donors (Lipinski definition) is 3. The summed E-state index contributed by atoms with van der Waals surface area (Å²) in [6.45, 7) is 1.67. The lowest BCUT2D eigenvalue weighted by Crippen LogP contribution is -2.51. The SMILES string of the molecule is COc1cccc(CNC(=O)C[C@H]2CC[C@H](NC(C)=O)[C@H](CO)O2)c1. The molecule has 0 unspecified atom stereocenters. The Balaban J connectivity index is 1.79. The Kier molecular flexibility index (Phi) is 7.21. The first-order valence-corrected chi connectivity index (χ1v) is 8.45. The number of aliphatic hydroxyl groups is 1. The minimum atomic E-state index is -0.478. The third-order valence-corrected chi connectivity index (χ3v) is 4.22. The second-order valence-corrected chi connectivity index (χ2v) is 6.20. The van der Waals surface area contributed by atoms with Crippen molar-refractivity contribution in [3.05, 3.63) is 29.8 Å². The zero-order valence-corrected chi connectivity index (χ0v) is 14.7. The van der Waals surface area contributed by atoms with Gasteiger partial charge in [0.2, 0.25) is 11.8 Å². The average Bonchev–Trinajstić information content (AvgIpc) is 2.61. The summed E-state index contributed by atoms with van der Waals surface area (Å²) in [5.74, 6) is 0.487. The van der Waals surface area contributed by atoms with Crippen LogP contribution in [0.1, 0.15) is 31.7 Å². The molecule has 0 aromatic heterocycles. The first-order valence-electron chi connectivity index (χ1n) is 8.45. The molecular formula is C18H26N2O5. The third-order valence-electron chi connectivity index (χ3n) is 4.22. The zero-order chi connectivity index (χ0) is 18.2. The van der Waals surface area contributed by atoms with Gasteiger partial charge >= 0.3 is 0 Å². The molecule has 0 radical (unpaired) electrons. The number of benzene rings is 1. The van der Waals surface area contributed by atoms with E-state index >= 15 is 0 Å². The monoisotopic (exact) mass is 350 g/mol. The fourth-order valence-electron chi connectivity index (χ4n) is 2.97. The van der Waals surface area contributed by atoms with Crippen LogP contribution in [0.25, 0.3) is 0 Å². The maximum Gasteiger partial charge on any atom is 0.222 e. The van der Waals surface area contributed by atoms with Crippen LogP contribution in [-0.4, -0.2) is 48.9 Å². The molecule has 0 saturated carbocycles. The highest BCUT2D eigenvalue weighted by atomic mass is 16.5. The van der Waals surface area contributed by atoms with Crippen molar-refractivity contribution in [2.24, 2.45) is 0 Å². The van der Waals surface area contributed by atoms with Gasteiger partial charge in [-0.3, -0.25) is 9.59 Å². The van der Waals surface area contributed by atoms with E-state index in [4.69, 9.17) is 9.47 Å². The summed E-state index contributed by atoms with van der Waals surface area (Å²) in [7, 11) is 1.60. The molecule has 138 valence electrons. The molecule has 1 aromatic carbocycles. The molecule has 1 aromatic rings. The van der Waals surface area contributed by atoms with E-state index in [0.29, 0.717) is 19.4 Å². The van der Waals surface area contributed by atoms with Crippen molar-refractivity contribution in [1.29, 1.82) is 0 Å². The summed E-state index contributed by atoms with van der Waals surface area (Å²) in [4.78, 5) is 23.3. The summed E-state index contributed by atoms with van der Waals surface area (Å²) in [6, 6.07) is 7.30. The summed E-state index contributed by atoms with van der Waals surface area (Å²) < 4.78 is 10.9. The molecule has 1 aliphatic heterocycles. The lowest BCUT2D eigenvalue weighted by atomic mass is 9.97. The van der Waals surface area contributed by atoms with Crippen molar-refractivity contribution in [2.75, 3.05) is 13.7 Å². The number of ether oxygens (including phenoxy) is 2. The van der Waals surface area contributed by atoms with Crippen molar-refractivity contribution >= 4 is 11.8 Å². The van der Waals surface area contributed by atoms with E-state index in [1.807, 2.05) is 24.3 Å². The van der Waals surface area contributed by atoms with E-state index in [1.54, 1.807) is 7.11 Å². The molecule has 1 heterocycles. The predicted octanol–water partition coefficient (Wildman–Crippen LogP) is 0.746. The Labute approximate surface area is 147 Å². The largest absolute Gasteiger partial charge is 0.497 e. The van der Waals surface area contributed by atoms with Crippen molar-refractivity contribution in [2.45, 2.75) is 51.0 Å². The van der Waals surface area contributed by atoms with Crippen LogP contribution in [0.5, 0.6) is 5.75 Å². The smallest absolute Gasteiger partial charge is 0.222 e. The lowest BCUT2D eigenvalue weighted by Gasteiger charge is -2.35. The fourth-order valence-corrected chi connectivity index (χ4v) is 2.97. The molecule has 2 amide bonds. The minimum absolute atomic E-state index is 0.109. The van der Waals surface area contributed by atoms with Crippen LogP contribution in [0.3, 0.4) is 0 Å². The summed E-state index contributed by atoms with van der Waals surface area (Å²) in [5.41, 5.74) is 0.955. The van der Waals surface area contributed by atoms with Crippen LogP contribution >= 0.6 is 0 Å². The Morgan fingerprint density at radius 3 is 2.84 bits per heavy atom. The van der Waals surface area contributed by atoms with E-state index in [9.17, 15) is 14.7 Å². The molecule has 7 nitrogen and oxygen atoms in total. The van der Waals surface area contributed by atoms with E-state index in [-0.39, 0.29) is 37.0 Å². The van der Waals surface area contributed by atoms with E-state index < -0.39 is 6.10 Å². The topological polar surface area (TPSA) is 96.9 Å². The first-order chi connectivity index (χ1) is 12.0. The minimum Gasteiger partial charge on any atom is -0.497 e. The van der Waals surface area contributed by atoms with Crippen molar-refractivity contribution in [3.8, 4) is 5.75 Å². The normalized spacial score (nSPS) is 22.9. The molecule has 1 fully saturated rings. The van der Waals surface area contributed by atoms with Gasteiger partial charge in [0, 0.05) is 13.5 Å². The Bertz CT molecular complexity index is 593. The van der Waals surface area contributed by atoms with Gasteiger partial charge in [-0.1, -0.05) is 12.1 Å². The van der Waals surface area contributed by atoms with E-state index in [2.05, 4.69) is 10.6 Å². The molecule has 1 saturated heterocycles. The van der Waals surface area contributed by atoms with Crippen molar-refractivity contribution < 1.29 is 24.2 Å². The number of rotatable bonds is 7. The highest BCUT2D eigenvalue weighted by molar-refractivity contribution is 5.76. The Morgan fingerprint density at radius 2 is 2.16 bits per heavy atom. The van der Waals surface area contributed by atoms with Gasteiger partial charge in [-0.2, -0.15) is 0 Å². The second kappa shape index (κ2) is 9.39. The van der Waals surface area contributed by atoms with Crippen LogP contribution < -0.4 is 15.4 Å². The summed E-state index contributed by atoms with van der Waals surface area (Å²) in [6.07, 6.45) is 0.834. The molecule has 0 aliphatic carbocycles. The van der Waals surface area contributed by atoms with Crippen molar-refractivity contribution in [3.63, 3.8) is 0 Å². The third kappa shape index (κ3) is 6.03. The highest BCUT2D eigenvalue weighted by Gasteiger charge is 2.32. The van der Waals surface area contributed by atoms with Crippen LogP contribution in [-0.2, 0) is 20.9 Å². The summed E-state index contributed by atoms with van der Waals surface area (Å²) in [5, 5.41) is 15.1. The summed E-state index contributed by atoms with van der Waals surface area (Å²) >= 11 is 0. The molecule has 3 atom stereocenters. The predicted molar refractivity (Wildman–Crippen MR) is 92.0 cm³/mol. The van der Waals surface area contributed by atoms with Crippen LogP contribution in [0.4, 0.5) is 0 Å². The lowest BCUT2D eigenvalue weighted by molar-refractivity contribution is -0.135. The zero-order valence-electron chi connectivity index (χ0n) is 14.7. The number of carbonyl (C=O) groups is 2. The van der Waals surface area contributed by atoms with Crippen molar-refractivity contribution in [1.82, 2.24) is 10.6 Å². The van der Waals surface area contributed by atoms with E-state index in [1.165, 1.54) is 6.92 Å². The Morgan fingerprint density at radius 1 is 1.36 bits per heavy atom. The van der Waals surface area contributed by atoms with Gasteiger partial charge in [0.25, 0.3) is 0 Å². The maximum absolute atomic E-state index is 12.1. The van der Waals surface area contributed by atoms with Gasteiger partial charge in [-0.05, 0) is 30.5 Å². The molecule has 0 spiro atoms. The quantitative estimate of drug-likeness (QED) is 0.674. The number of aliphatic hydroxyl groups excluding tert-OH is 1. The van der Waals surface area contributed by atoms with E-state index in [0.717, 1.165) is 11.3 Å². The van der Waals surface area contributed by atoms with Gasteiger partial charge in [0.05, 0.1) is 32.3 Å². The standard InChI is InChI=1S/C18H26N2O5/c1-12(22)20-16-7-6-15(25-17(16)11-21)9-18(23)19-10-13-4-3-5-14(8-13)24-2/h3-5,8,15-17,21H,6-7,9-11H2,1-2H3,(H,19,23)(H,20,22)/t15-,16+,17+/m1/s1. The van der Waals surface area contributed by atoms with Crippen LogP contribution in [0.2, 0.25) is 0 Å². The van der Waals surface area contributed by atoms with Crippen LogP contribution in [0.15, 0.2) is 24.3 Å². The molecule has 7 heteroatoms. The number of hydrogen-bond acceptors (Lipinski definition) is 5. The highest BCUT2D eigenvalue weighted by Crippen LogP contribution is 2.22. The van der Waals surface area contributed by atoms with Gasteiger partial charge in [0.1, 0.15) is 11.9 Å². The molecule has 1 aliphatic rings. The number of nitrogens with one attached hydrogen (secondary N) is 2. The van der Waals surface area contributed by atoms with Crippen LogP contribution in [0, 0.1) is 0 Å². The molecular weight excluding hydrogens is 324 g/mol. The molecule has 25 heavy (non-hydrogen) atoms.